The molecule has 1 heterocycles. The molecule has 9 nitrogen and oxygen atoms in total. The van der Waals surface area contributed by atoms with Crippen molar-refractivity contribution in [2.24, 2.45) is 0 Å². The molecule has 44 heavy (non-hydrogen) atoms. The molecule has 13 heteroatoms. The third-order valence-corrected chi connectivity index (χ3v) is 9.56. The second-order valence-electron chi connectivity index (χ2n) is 10.1. The van der Waals surface area contributed by atoms with Crippen LogP contribution in [-0.4, -0.2) is 57.5 Å². The molecular formula is C31H34Cl2FN3O6S. The average molecular weight is 667 g/mol. The van der Waals surface area contributed by atoms with Gasteiger partial charge in [-0.15, -0.1) is 0 Å². The fraction of sp³-hybridized carbons (Fsp3) is 0.355. The Morgan fingerprint density at radius 3 is 2.32 bits per heavy atom. The summed E-state index contributed by atoms with van der Waals surface area (Å²) >= 11 is 12.3. The third kappa shape index (κ3) is 7.94. The number of amides is 2. The lowest BCUT2D eigenvalue weighted by Crippen LogP contribution is -2.52. The van der Waals surface area contributed by atoms with Gasteiger partial charge in [0.15, 0.2) is 11.5 Å². The molecular weight excluding hydrogens is 632 g/mol. The van der Waals surface area contributed by atoms with Crippen LogP contribution in [0.5, 0.6) is 11.5 Å². The number of hydrogen-bond donors (Lipinski definition) is 1. The van der Waals surface area contributed by atoms with Crippen molar-refractivity contribution in [1.29, 1.82) is 0 Å². The van der Waals surface area contributed by atoms with Crippen molar-refractivity contribution in [2.45, 2.75) is 50.6 Å². The quantitative estimate of drug-likeness (QED) is 0.231. The summed E-state index contributed by atoms with van der Waals surface area (Å²) in [5, 5.41) is 3.47. The second kappa shape index (κ2) is 15.0. The number of benzene rings is 3. The molecule has 1 N–H and O–H groups in total. The van der Waals surface area contributed by atoms with Crippen LogP contribution in [0.3, 0.4) is 0 Å². The molecule has 0 saturated carbocycles. The first kappa shape index (κ1) is 33.4. The lowest BCUT2D eigenvalue weighted by molar-refractivity contribution is -0.140. The van der Waals surface area contributed by atoms with Crippen molar-refractivity contribution >= 4 is 50.7 Å². The smallest absolute Gasteiger partial charge is 0.264 e. The Morgan fingerprint density at radius 2 is 1.66 bits per heavy atom. The minimum Gasteiger partial charge on any atom is -0.486 e. The Labute approximate surface area is 266 Å². The van der Waals surface area contributed by atoms with E-state index in [1.807, 2.05) is 6.92 Å². The van der Waals surface area contributed by atoms with Crippen LogP contribution in [0.25, 0.3) is 0 Å². The number of nitrogens with one attached hydrogen (secondary N) is 1. The van der Waals surface area contributed by atoms with Crippen molar-refractivity contribution in [1.82, 2.24) is 10.2 Å². The number of carbonyl (C=O) groups excluding carboxylic acids is 2. The molecule has 0 unspecified atom stereocenters. The van der Waals surface area contributed by atoms with Crippen LogP contribution in [0.4, 0.5) is 10.1 Å². The Bertz CT molecular complexity index is 1590. The van der Waals surface area contributed by atoms with Gasteiger partial charge in [-0.1, -0.05) is 49.5 Å². The summed E-state index contributed by atoms with van der Waals surface area (Å²) in [6.07, 6.45) is 1.89. The second-order valence-corrected chi connectivity index (χ2v) is 12.8. The van der Waals surface area contributed by atoms with Gasteiger partial charge in [0.05, 0.1) is 20.6 Å². The van der Waals surface area contributed by atoms with Gasteiger partial charge in [0.1, 0.15) is 31.6 Å². The summed E-state index contributed by atoms with van der Waals surface area (Å²) < 4.78 is 54.1. The van der Waals surface area contributed by atoms with E-state index in [0.717, 1.165) is 29.3 Å². The fourth-order valence-corrected chi connectivity index (χ4v) is 6.46. The van der Waals surface area contributed by atoms with Crippen molar-refractivity contribution in [3.63, 3.8) is 0 Å². The van der Waals surface area contributed by atoms with Gasteiger partial charge < -0.3 is 19.7 Å². The zero-order valence-electron chi connectivity index (χ0n) is 24.4. The van der Waals surface area contributed by atoms with Crippen LogP contribution < -0.4 is 19.1 Å². The predicted octanol–water partition coefficient (Wildman–Crippen LogP) is 5.82. The number of sulfonamides is 1. The van der Waals surface area contributed by atoms with Gasteiger partial charge in [-0.25, -0.2) is 12.8 Å². The van der Waals surface area contributed by atoms with Gasteiger partial charge in [0, 0.05) is 19.2 Å². The molecule has 0 spiro atoms. The van der Waals surface area contributed by atoms with Crippen LogP contribution in [0.2, 0.25) is 10.0 Å². The van der Waals surface area contributed by atoms with E-state index in [9.17, 15) is 22.4 Å². The summed E-state index contributed by atoms with van der Waals surface area (Å²) in [4.78, 5) is 28.6. The first-order valence-electron chi connectivity index (χ1n) is 14.2. The van der Waals surface area contributed by atoms with E-state index in [1.165, 1.54) is 35.2 Å². The molecule has 0 fully saturated rings. The molecule has 3 aromatic rings. The molecule has 3 aromatic carbocycles. The zero-order chi connectivity index (χ0) is 31.9. The van der Waals surface area contributed by atoms with E-state index in [2.05, 4.69) is 5.32 Å². The van der Waals surface area contributed by atoms with Crippen molar-refractivity contribution in [2.75, 3.05) is 30.6 Å². The van der Waals surface area contributed by atoms with E-state index in [1.54, 1.807) is 25.1 Å². The number of halogens is 3. The third-order valence-electron chi connectivity index (χ3n) is 7.05. The molecule has 0 aliphatic carbocycles. The molecule has 0 saturated heterocycles. The van der Waals surface area contributed by atoms with E-state index in [0.29, 0.717) is 29.5 Å². The van der Waals surface area contributed by atoms with Crippen molar-refractivity contribution < 1.29 is 31.9 Å². The first-order chi connectivity index (χ1) is 21.0. The Balaban J connectivity index is 1.73. The van der Waals surface area contributed by atoms with E-state index in [4.69, 9.17) is 32.7 Å². The first-order valence-corrected chi connectivity index (χ1v) is 16.4. The Hall–Kier alpha value is -3.54. The Kier molecular flexibility index (Phi) is 11.3. The van der Waals surface area contributed by atoms with E-state index < -0.39 is 34.3 Å². The molecule has 0 aromatic heterocycles. The van der Waals surface area contributed by atoms with Gasteiger partial charge in [0.25, 0.3) is 10.0 Å². The lowest BCUT2D eigenvalue weighted by Gasteiger charge is -2.33. The lowest BCUT2D eigenvalue weighted by atomic mass is 10.1. The number of nitrogens with zero attached hydrogens (tertiary/aromatic N) is 2. The molecule has 2 amide bonds. The highest BCUT2D eigenvalue weighted by molar-refractivity contribution is 7.92. The number of ether oxygens (including phenoxy) is 2. The van der Waals surface area contributed by atoms with Gasteiger partial charge in [-0.05, 0) is 66.9 Å². The number of fused-ring (bicyclic) bond motifs is 1. The van der Waals surface area contributed by atoms with Crippen LogP contribution >= 0.6 is 23.2 Å². The minimum atomic E-state index is -4.40. The van der Waals surface area contributed by atoms with Gasteiger partial charge in [-0.2, -0.15) is 0 Å². The SMILES string of the molecule is CCCCNC(=O)[C@H](CC)N(Cc1ccc(Cl)c(Cl)c1)C(=O)CN(c1ccc(F)cc1)S(=O)(=O)c1ccc2c(c1)OCCO2. The number of carbonyl (C=O) groups is 2. The maximum Gasteiger partial charge on any atom is 0.264 e. The summed E-state index contributed by atoms with van der Waals surface area (Å²) in [7, 11) is -4.40. The summed E-state index contributed by atoms with van der Waals surface area (Å²) in [6, 6.07) is 12.9. The predicted molar refractivity (Wildman–Crippen MR) is 167 cm³/mol. The summed E-state index contributed by atoms with van der Waals surface area (Å²) in [6.45, 7) is 4.05. The van der Waals surface area contributed by atoms with Crippen LogP contribution in [-0.2, 0) is 26.2 Å². The van der Waals surface area contributed by atoms with Crippen LogP contribution in [0, 0.1) is 5.82 Å². The minimum absolute atomic E-state index is 0.0449. The number of anilines is 1. The molecule has 1 atom stereocenters. The maximum atomic E-state index is 14.2. The highest BCUT2D eigenvalue weighted by Crippen LogP contribution is 2.34. The van der Waals surface area contributed by atoms with Gasteiger partial charge >= 0.3 is 0 Å². The van der Waals surface area contributed by atoms with E-state index >= 15 is 0 Å². The molecule has 0 radical (unpaired) electrons. The van der Waals surface area contributed by atoms with Gasteiger partial charge in [-0.3, -0.25) is 13.9 Å². The number of rotatable bonds is 13. The maximum absolute atomic E-state index is 14.2. The Morgan fingerprint density at radius 1 is 0.955 bits per heavy atom. The highest BCUT2D eigenvalue weighted by Gasteiger charge is 2.34. The fourth-order valence-electron chi connectivity index (χ4n) is 4.71. The highest BCUT2D eigenvalue weighted by atomic mass is 35.5. The van der Waals surface area contributed by atoms with Crippen LogP contribution in [0.1, 0.15) is 38.7 Å². The largest absolute Gasteiger partial charge is 0.486 e. The molecule has 0 bridgehead atoms. The number of unbranched alkanes of at least 4 members (excludes halogenated alkanes) is 1. The normalized spacial score (nSPS) is 13.2. The molecule has 4 rings (SSSR count). The van der Waals surface area contributed by atoms with Crippen LogP contribution in [0.15, 0.2) is 65.6 Å². The summed E-state index contributed by atoms with van der Waals surface area (Å²) in [5.41, 5.74) is 0.653. The monoisotopic (exact) mass is 665 g/mol. The van der Waals surface area contributed by atoms with E-state index in [-0.39, 0.29) is 46.8 Å². The average Bonchev–Trinajstić information content (AvgIpc) is 3.01. The van der Waals surface area contributed by atoms with Crippen molar-refractivity contribution in [3.05, 3.63) is 82.1 Å². The molecule has 1 aliphatic heterocycles. The molecule has 236 valence electrons. The number of hydrogen-bond acceptors (Lipinski definition) is 6. The topological polar surface area (TPSA) is 105 Å². The zero-order valence-corrected chi connectivity index (χ0v) is 26.7. The van der Waals surface area contributed by atoms with Crippen molar-refractivity contribution in [3.8, 4) is 11.5 Å². The standard InChI is InChI=1S/C31H34Cl2FN3O6S/c1-3-5-14-35-31(39)27(4-2)36(19-21-6-12-25(32)26(33)17-21)30(38)20-37(23-9-7-22(34)8-10-23)44(40,41)24-11-13-28-29(18-24)43-16-15-42-28/h6-13,17-18,27H,3-5,14-16,19-20H2,1-2H3,(H,35,39)/t27-/m0/s1. The summed E-state index contributed by atoms with van der Waals surface area (Å²) in [5.74, 6) is -0.949. The molecule has 1 aliphatic rings. The van der Waals surface area contributed by atoms with Gasteiger partial charge in [0.2, 0.25) is 11.8 Å².